The summed E-state index contributed by atoms with van der Waals surface area (Å²) in [5.41, 5.74) is 0. The van der Waals surface area contributed by atoms with Gasteiger partial charge in [0.2, 0.25) is 0 Å². The molecule has 1 aromatic heterocycles. The van der Waals surface area contributed by atoms with Gasteiger partial charge in [-0.15, -0.1) is 0 Å². The minimum absolute atomic E-state index is 0.457. The molecule has 13 heavy (non-hydrogen) atoms. The summed E-state index contributed by atoms with van der Waals surface area (Å²) < 4.78 is 6.79. The summed E-state index contributed by atoms with van der Waals surface area (Å²) in [6.07, 6.45) is 1.13. The third-order valence-corrected chi connectivity index (χ3v) is 1.52. The Balaban J connectivity index is 2.10. The monoisotopic (exact) mass is 185 g/mol. The topological polar surface area (TPSA) is 64.9 Å². The maximum atomic E-state index is 5.29. The first kappa shape index (κ1) is 9.91. The molecule has 0 aromatic carbocycles. The number of nitrogens with one attached hydrogen (secondary N) is 1. The lowest BCUT2D eigenvalue weighted by Gasteiger charge is -2.03. The van der Waals surface area contributed by atoms with Gasteiger partial charge >= 0.3 is 6.01 Å². The SMILES string of the molecule is CCCNCCOc1nnnn1C. The van der Waals surface area contributed by atoms with Gasteiger partial charge in [-0.1, -0.05) is 12.0 Å². The predicted molar refractivity (Wildman–Crippen MR) is 47.5 cm³/mol. The minimum atomic E-state index is 0.457. The van der Waals surface area contributed by atoms with Gasteiger partial charge in [0.25, 0.3) is 0 Å². The highest BCUT2D eigenvalue weighted by molar-refractivity contribution is 4.84. The smallest absolute Gasteiger partial charge is 0.335 e. The number of nitrogens with zero attached hydrogens (tertiary/aromatic N) is 4. The first-order valence-corrected chi connectivity index (χ1v) is 4.40. The van der Waals surface area contributed by atoms with Gasteiger partial charge in [0, 0.05) is 13.6 Å². The molecule has 0 amide bonds. The van der Waals surface area contributed by atoms with E-state index in [1.807, 2.05) is 0 Å². The average Bonchev–Trinajstić information content (AvgIpc) is 2.52. The molecule has 0 aliphatic rings. The molecule has 0 aliphatic carbocycles. The highest BCUT2D eigenvalue weighted by atomic mass is 16.5. The summed E-state index contributed by atoms with van der Waals surface area (Å²) in [7, 11) is 1.74. The highest BCUT2D eigenvalue weighted by Crippen LogP contribution is 1.97. The van der Waals surface area contributed by atoms with E-state index in [2.05, 4.69) is 27.8 Å². The van der Waals surface area contributed by atoms with Crippen molar-refractivity contribution in [1.29, 1.82) is 0 Å². The lowest BCUT2D eigenvalue weighted by Crippen LogP contribution is -2.22. The molecular formula is C7H15N5O. The quantitative estimate of drug-likeness (QED) is 0.610. The fraction of sp³-hybridized carbons (Fsp3) is 0.857. The molecule has 0 saturated heterocycles. The van der Waals surface area contributed by atoms with Crippen LogP contribution in [0.1, 0.15) is 13.3 Å². The molecule has 0 spiro atoms. The van der Waals surface area contributed by atoms with Crippen molar-refractivity contribution in [2.45, 2.75) is 13.3 Å². The van der Waals surface area contributed by atoms with Gasteiger partial charge in [-0.05, 0) is 23.4 Å². The van der Waals surface area contributed by atoms with Crippen LogP contribution in [0.3, 0.4) is 0 Å². The normalized spacial score (nSPS) is 10.3. The van der Waals surface area contributed by atoms with Crippen LogP contribution in [0.25, 0.3) is 0 Å². The predicted octanol–water partition coefficient (Wildman–Crippen LogP) is -0.412. The zero-order valence-electron chi connectivity index (χ0n) is 8.03. The van der Waals surface area contributed by atoms with E-state index in [1.165, 1.54) is 4.68 Å². The molecule has 0 unspecified atom stereocenters. The Morgan fingerprint density at radius 1 is 1.46 bits per heavy atom. The Morgan fingerprint density at radius 3 is 2.92 bits per heavy atom. The van der Waals surface area contributed by atoms with Gasteiger partial charge in [-0.2, -0.15) is 4.68 Å². The van der Waals surface area contributed by atoms with Gasteiger partial charge in [0.15, 0.2) is 0 Å². The van der Waals surface area contributed by atoms with Gasteiger partial charge in [-0.3, -0.25) is 0 Å². The standard InChI is InChI=1S/C7H15N5O/c1-3-4-8-5-6-13-7-9-10-11-12(7)2/h8H,3-6H2,1-2H3. The van der Waals surface area contributed by atoms with Crippen molar-refractivity contribution in [2.24, 2.45) is 7.05 Å². The fourth-order valence-corrected chi connectivity index (χ4v) is 0.860. The van der Waals surface area contributed by atoms with Crippen LogP contribution in [0.4, 0.5) is 0 Å². The number of aryl methyl sites for hydroxylation is 1. The van der Waals surface area contributed by atoms with Crippen molar-refractivity contribution in [3.05, 3.63) is 0 Å². The summed E-state index contributed by atoms with van der Waals surface area (Å²) in [5.74, 6) is 0. The number of tetrazole rings is 1. The molecule has 0 aliphatic heterocycles. The molecule has 0 atom stereocenters. The van der Waals surface area contributed by atoms with E-state index in [0.29, 0.717) is 12.6 Å². The second-order valence-electron chi connectivity index (χ2n) is 2.68. The number of aromatic nitrogens is 4. The van der Waals surface area contributed by atoms with Crippen molar-refractivity contribution in [3.63, 3.8) is 0 Å². The van der Waals surface area contributed by atoms with Crippen LogP contribution in [0, 0.1) is 0 Å². The van der Waals surface area contributed by atoms with E-state index in [1.54, 1.807) is 7.05 Å². The molecule has 1 aromatic rings. The molecule has 74 valence electrons. The van der Waals surface area contributed by atoms with Crippen LogP contribution in [0.2, 0.25) is 0 Å². The van der Waals surface area contributed by atoms with E-state index < -0.39 is 0 Å². The van der Waals surface area contributed by atoms with Crippen LogP contribution >= 0.6 is 0 Å². The first-order valence-electron chi connectivity index (χ1n) is 4.40. The third kappa shape index (κ3) is 3.37. The van der Waals surface area contributed by atoms with E-state index in [0.717, 1.165) is 19.5 Å². The first-order chi connectivity index (χ1) is 6.34. The molecular weight excluding hydrogens is 170 g/mol. The van der Waals surface area contributed by atoms with Gasteiger partial charge in [0.1, 0.15) is 6.61 Å². The summed E-state index contributed by atoms with van der Waals surface area (Å²) in [6.45, 7) is 4.55. The molecule has 6 heteroatoms. The van der Waals surface area contributed by atoms with Crippen LogP contribution in [-0.4, -0.2) is 39.9 Å². The second kappa shape index (κ2) is 5.47. The van der Waals surface area contributed by atoms with E-state index in [4.69, 9.17) is 4.74 Å². The van der Waals surface area contributed by atoms with E-state index in [9.17, 15) is 0 Å². The molecule has 6 nitrogen and oxygen atoms in total. The number of hydrogen-bond donors (Lipinski definition) is 1. The van der Waals surface area contributed by atoms with Crippen molar-refractivity contribution >= 4 is 0 Å². The molecule has 1 N–H and O–H groups in total. The fourth-order valence-electron chi connectivity index (χ4n) is 0.860. The lowest BCUT2D eigenvalue weighted by atomic mass is 10.5. The minimum Gasteiger partial charge on any atom is -0.461 e. The zero-order chi connectivity index (χ0) is 9.52. The second-order valence-corrected chi connectivity index (χ2v) is 2.68. The maximum absolute atomic E-state index is 5.29. The molecule has 0 bridgehead atoms. The highest BCUT2D eigenvalue weighted by Gasteiger charge is 2.00. The summed E-state index contributed by atoms with van der Waals surface area (Å²) >= 11 is 0. The number of ether oxygens (including phenoxy) is 1. The van der Waals surface area contributed by atoms with E-state index in [-0.39, 0.29) is 0 Å². The third-order valence-electron chi connectivity index (χ3n) is 1.52. The van der Waals surface area contributed by atoms with Crippen molar-refractivity contribution < 1.29 is 4.74 Å². The van der Waals surface area contributed by atoms with Crippen LogP contribution < -0.4 is 10.1 Å². The van der Waals surface area contributed by atoms with Crippen molar-refractivity contribution in [3.8, 4) is 6.01 Å². The van der Waals surface area contributed by atoms with Gasteiger partial charge in [-0.25, -0.2) is 0 Å². The van der Waals surface area contributed by atoms with E-state index >= 15 is 0 Å². The Morgan fingerprint density at radius 2 is 2.31 bits per heavy atom. The Hall–Kier alpha value is -1.17. The van der Waals surface area contributed by atoms with Crippen molar-refractivity contribution in [1.82, 2.24) is 25.5 Å². The molecule has 1 heterocycles. The maximum Gasteiger partial charge on any atom is 0.335 e. The average molecular weight is 185 g/mol. The molecule has 1 rings (SSSR count). The van der Waals surface area contributed by atoms with Crippen LogP contribution in [0.5, 0.6) is 6.01 Å². The van der Waals surface area contributed by atoms with Crippen molar-refractivity contribution in [2.75, 3.05) is 19.7 Å². The Kier molecular flexibility index (Phi) is 4.17. The molecule has 0 fully saturated rings. The summed E-state index contributed by atoms with van der Waals surface area (Å²) in [5, 5.41) is 14.0. The van der Waals surface area contributed by atoms with Gasteiger partial charge < -0.3 is 10.1 Å². The zero-order valence-corrected chi connectivity index (χ0v) is 8.03. The number of rotatable bonds is 6. The summed E-state index contributed by atoms with van der Waals surface area (Å²) in [4.78, 5) is 0. The summed E-state index contributed by atoms with van der Waals surface area (Å²) in [6, 6.07) is 0.457. The Labute approximate surface area is 77.3 Å². The Bertz CT molecular complexity index is 237. The van der Waals surface area contributed by atoms with Gasteiger partial charge in [0.05, 0.1) is 0 Å². The number of hydrogen-bond acceptors (Lipinski definition) is 5. The van der Waals surface area contributed by atoms with Crippen LogP contribution in [0.15, 0.2) is 0 Å². The molecule has 0 radical (unpaired) electrons. The lowest BCUT2D eigenvalue weighted by molar-refractivity contribution is 0.277. The largest absolute Gasteiger partial charge is 0.461 e. The molecule has 0 saturated carbocycles. The van der Waals surface area contributed by atoms with Crippen LogP contribution in [-0.2, 0) is 7.05 Å².